The molecule has 4 N–H and O–H groups in total. The Morgan fingerprint density at radius 2 is 1.68 bits per heavy atom. The SMILES string of the molecule is Cc1ccccc1C(C(=O)Nc1ccccc1)N(CCc1c[nH]c2ccccc12)C(=O)CCN. The fourth-order valence-electron chi connectivity index (χ4n) is 4.32. The van der Waals surface area contributed by atoms with Crippen molar-refractivity contribution in [2.75, 3.05) is 18.4 Å². The standard InChI is InChI=1S/C28H30N4O2/c1-20-9-5-6-12-23(20)27(28(34)31-22-10-3-2-4-11-22)32(26(33)15-17-29)18-16-21-19-30-25-14-8-7-13-24(21)25/h2-14,19,27,30H,15-18,29H2,1H3,(H,31,34). The van der Waals surface area contributed by atoms with E-state index in [1.165, 1.54) is 0 Å². The monoisotopic (exact) mass is 454 g/mol. The van der Waals surface area contributed by atoms with Crippen LogP contribution in [0.3, 0.4) is 0 Å². The number of nitrogens with one attached hydrogen (secondary N) is 2. The lowest BCUT2D eigenvalue weighted by atomic mass is 9.97. The first-order valence-electron chi connectivity index (χ1n) is 11.5. The molecule has 174 valence electrons. The minimum absolute atomic E-state index is 0.140. The zero-order chi connectivity index (χ0) is 23.9. The lowest BCUT2D eigenvalue weighted by Gasteiger charge is -2.32. The summed E-state index contributed by atoms with van der Waals surface area (Å²) >= 11 is 0. The first-order valence-corrected chi connectivity index (χ1v) is 11.5. The molecule has 1 unspecified atom stereocenters. The Hall–Kier alpha value is -3.90. The fourth-order valence-corrected chi connectivity index (χ4v) is 4.32. The average Bonchev–Trinajstić information content (AvgIpc) is 3.26. The number of fused-ring (bicyclic) bond motifs is 1. The number of hydrogen-bond acceptors (Lipinski definition) is 3. The molecule has 0 spiro atoms. The van der Waals surface area contributed by atoms with Crippen LogP contribution in [-0.2, 0) is 16.0 Å². The van der Waals surface area contributed by atoms with Crippen LogP contribution in [0.1, 0.15) is 29.2 Å². The number of rotatable bonds is 9. The maximum absolute atomic E-state index is 13.6. The van der Waals surface area contributed by atoms with Gasteiger partial charge in [-0.3, -0.25) is 9.59 Å². The highest BCUT2D eigenvalue weighted by atomic mass is 16.2. The van der Waals surface area contributed by atoms with Gasteiger partial charge in [0, 0.05) is 42.3 Å². The minimum Gasteiger partial charge on any atom is -0.361 e. The van der Waals surface area contributed by atoms with Crippen LogP contribution in [0.25, 0.3) is 10.9 Å². The van der Waals surface area contributed by atoms with E-state index in [-0.39, 0.29) is 24.8 Å². The van der Waals surface area contributed by atoms with Gasteiger partial charge in [0.25, 0.3) is 5.91 Å². The normalized spacial score (nSPS) is 11.8. The predicted octanol–water partition coefficient (Wildman–Crippen LogP) is 4.58. The Labute approximate surface area is 199 Å². The van der Waals surface area contributed by atoms with E-state index in [9.17, 15) is 9.59 Å². The molecule has 1 aromatic heterocycles. The van der Waals surface area contributed by atoms with Gasteiger partial charge in [0.1, 0.15) is 6.04 Å². The summed E-state index contributed by atoms with van der Waals surface area (Å²) < 4.78 is 0. The number of anilines is 1. The number of amides is 2. The molecule has 1 heterocycles. The molecule has 0 fully saturated rings. The van der Waals surface area contributed by atoms with Crippen molar-refractivity contribution < 1.29 is 9.59 Å². The van der Waals surface area contributed by atoms with E-state index in [4.69, 9.17) is 5.73 Å². The minimum atomic E-state index is -0.773. The van der Waals surface area contributed by atoms with Gasteiger partial charge >= 0.3 is 0 Å². The molecular weight excluding hydrogens is 424 g/mol. The van der Waals surface area contributed by atoms with Crippen molar-refractivity contribution in [3.8, 4) is 0 Å². The van der Waals surface area contributed by atoms with E-state index in [1.807, 2.05) is 85.9 Å². The second-order valence-corrected chi connectivity index (χ2v) is 8.35. The Morgan fingerprint density at radius 1 is 0.971 bits per heavy atom. The van der Waals surface area contributed by atoms with Crippen molar-refractivity contribution in [2.45, 2.75) is 25.8 Å². The third-order valence-corrected chi connectivity index (χ3v) is 6.06. The van der Waals surface area contributed by atoms with Crippen LogP contribution in [0.4, 0.5) is 5.69 Å². The van der Waals surface area contributed by atoms with Crippen molar-refractivity contribution in [2.24, 2.45) is 5.73 Å². The number of nitrogens with two attached hydrogens (primary N) is 1. The Balaban J connectivity index is 1.69. The summed E-state index contributed by atoms with van der Waals surface area (Å²) in [5.74, 6) is -0.386. The van der Waals surface area contributed by atoms with Crippen LogP contribution in [-0.4, -0.2) is 34.8 Å². The number of nitrogens with zero attached hydrogens (tertiary/aromatic N) is 1. The number of benzene rings is 3. The average molecular weight is 455 g/mol. The number of aromatic nitrogens is 1. The number of carbonyl (C=O) groups excluding carboxylic acids is 2. The van der Waals surface area contributed by atoms with Gasteiger partial charge in [0.05, 0.1) is 0 Å². The van der Waals surface area contributed by atoms with Gasteiger partial charge < -0.3 is 20.9 Å². The third kappa shape index (κ3) is 5.18. The van der Waals surface area contributed by atoms with Crippen LogP contribution in [0, 0.1) is 6.92 Å². The van der Waals surface area contributed by atoms with Crippen molar-refractivity contribution in [3.63, 3.8) is 0 Å². The lowest BCUT2D eigenvalue weighted by molar-refractivity contribution is -0.138. The van der Waals surface area contributed by atoms with E-state index in [1.54, 1.807) is 4.90 Å². The number of aromatic amines is 1. The van der Waals surface area contributed by atoms with E-state index in [0.29, 0.717) is 18.7 Å². The van der Waals surface area contributed by atoms with Gasteiger partial charge in [-0.2, -0.15) is 0 Å². The molecule has 4 aromatic rings. The van der Waals surface area contributed by atoms with Crippen molar-refractivity contribution in [1.82, 2.24) is 9.88 Å². The molecule has 3 aromatic carbocycles. The third-order valence-electron chi connectivity index (χ3n) is 6.06. The summed E-state index contributed by atoms with van der Waals surface area (Å²) in [5.41, 5.74) is 10.3. The molecule has 0 saturated heterocycles. The van der Waals surface area contributed by atoms with E-state index >= 15 is 0 Å². The molecule has 0 aliphatic heterocycles. The lowest BCUT2D eigenvalue weighted by Crippen LogP contribution is -2.43. The number of para-hydroxylation sites is 2. The van der Waals surface area contributed by atoms with Gasteiger partial charge in [-0.1, -0.05) is 60.7 Å². The molecule has 0 radical (unpaired) electrons. The zero-order valence-electron chi connectivity index (χ0n) is 19.3. The highest BCUT2D eigenvalue weighted by Gasteiger charge is 2.32. The predicted molar refractivity (Wildman–Crippen MR) is 136 cm³/mol. The van der Waals surface area contributed by atoms with Crippen LogP contribution >= 0.6 is 0 Å². The molecule has 6 heteroatoms. The van der Waals surface area contributed by atoms with Crippen molar-refractivity contribution >= 4 is 28.4 Å². The van der Waals surface area contributed by atoms with Gasteiger partial charge in [0.2, 0.25) is 5.91 Å². The number of aryl methyl sites for hydroxylation is 1. The highest BCUT2D eigenvalue weighted by Crippen LogP contribution is 2.28. The molecule has 0 aliphatic carbocycles. The largest absolute Gasteiger partial charge is 0.361 e. The summed E-state index contributed by atoms with van der Waals surface area (Å²) in [4.78, 5) is 31.9. The summed E-state index contributed by atoms with van der Waals surface area (Å²) in [6.45, 7) is 2.58. The van der Waals surface area contributed by atoms with Gasteiger partial charge in [-0.25, -0.2) is 0 Å². The second kappa shape index (κ2) is 10.8. The van der Waals surface area contributed by atoms with E-state index in [2.05, 4.69) is 16.4 Å². The summed E-state index contributed by atoms with van der Waals surface area (Å²) in [6, 6.07) is 24.3. The second-order valence-electron chi connectivity index (χ2n) is 8.35. The molecule has 4 rings (SSSR count). The highest BCUT2D eigenvalue weighted by molar-refractivity contribution is 5.98. The zero-order valence-corrected chi connectivity index (χ0v) is 19.3. The van der Waals surface area contributed by atoms with Crippen LogP contribution in [0.5, 0.6) is 0 Å². The smallest absolute Gasteiger partial charge is 0.251 e. The number of hydrogen-bond donors (Lipinski definition) is 3. The first kappa shape index (κ1) is 23.3. The van der Waals surface area contributed by atoms with E-state index < -0.39 is 6.04 Å². The Kier molecular flexibility index (Phi) is 7.40. The molecule has 6 nitrogen and oxygen atoms in total. The van der Waals surface area contributed by atoms with Crippen molar-refractivity contribution in [1.29, 1.82) is 0 Å². The Morgan fingerprint density at radius 3 is 2.44 bits per heavy atom. The molecule has 0 bridgehead atoms. The summed E-state index contributed by atoms with van der Waals surface area (Å²) in [5, 5.41) is 4.12. The molecule has 0 aliphatic rings. The van der Waals surface area contributed by atoms with Crippen LogP contribution in [0.2, 0.25) is 0 Å². The maximum atomic E-state index is 13.6. The fraction of sp³-hybridized carbons (Fsp3) is 0.214. The Bertz CT molecular complexity index is 1270. The number of carbonyl (C=O) groups is 2. The topological polar surface area (TPSA) is 91.2 Å². The molecule has 0 saturated carbocycles. The maximum Gasteiger partial charge on any atom is 0.251 e. The van der Waals surface area contributed by atoms with Gasteiger partial charge in [-0.15, -0.1) is 0 Å². The van der Waals surface area contributed by atoms with Crippen LogP contribution < -0.4 is 11.1 Å². The summed E-state index contributed by atoms with van der Waals surface area (Å²) in [6.07, 6.45) is 2.76. The van der Waals surface area contributed by atoms with Gasteiger partial charge in [-0.05, 0) is 48.2 Å². The van der Waals surface area contributed by atoms with Crippen molar-refractivity contribution in [3.05, 3.63) is 102 Å². The van der Waals surface area contributed by atoms with E-state index in [0.717, 1.165) is 27.6 Å². The molecule has 34 heavy (non-hydrogen) atoms. The molecule has 2 amide bonds. The van der Waals surface area contributed by atoms with Crippen LogP contribution in [0.15, 0.2) is 85.1 Å². The molecule has 1 atom stereocenters. The molecular formula is C28H30N4O2. The summed E-state index contributed by atoms with van der Waals surface area (Å²) in [7, 11) is 0. The van der Waals surface area contributed by atoms with Gasteiger partial charge in [0.15, 0.2) is 0 Å². The first-order chi connectivity index (χ1) is 16.6. The quantitative estimate of drug-likeness (QED) is 0.346. The number of H-pyrrole nitrogens is 1.